The lowest BCUT2D eigenvalue weighted by atomic mass is 10.5. The van der Waals surface area contributed by atoms with E-state index in [1.165, 1.54) is 0 Å². The van der Waals surface area contributed by atoms with Gasteiger partial charge in [-0.05, 0) is 22.9 Å². The highest BCUT2D eigenvalue weighted by Gasteiger charge is 1.95. The van der Waals surface area contributed by atoms with Crippen LogP contribution in [0, 0.1) is 0 Å². The third-order valence-electron chi connectivity index (χ3n) is 1.73. The predicted octanol–water partition coefficient (Wildman–Crippen LogP) is 1.81. The molecule has 0 saturated heterocycles. The largest absolute Gasteiger partial charge is 0.378 e. The Morgan fingerprint density at radius 3 is 2.65 bits per heavy atom. The van der Waals surface area contributed by atoms with Gasteiger partial charge in [0.1, 0.15) is 5.03 Å². The van der Waals surface area contributed by atoms with Crippen LogP contribution < -0.4 is 5.73 Å². The molecule has 0 fully saturated rings. The smallest absolute Gasteiger partial charge is 0.106 e. The number of aromatic nitrogens is 1. The summed E-state index contributed by atoms with van der Waals surface area (Å²) in [6.07, 6.45) is 1.80. The molecule has 96 valence electrons. The van der Waals surface area contributed by atoms with E-state index in [0.717, 1.165) is 17.4 Å². The van der Waals surface area contributed by atoms with E-state index >= 15 is 0 Å². The summed E-state index contributed by atoms with van der Waals surface area (Å²) in [5, 5.41) is 1.03. The summed E-state index contributed by atoms with van der Waals surface area (Å²) in [4.78, 5) is 4.22. The fourth-order valence-electron chi connectivity index (χ4n) is 0.997. The van der Waals surface area contributed by atoms with Crippen molar-refractivity contribution >= 4 is 21.6 Å². The molecule has 0 atom stereocenters. The first-order chi connectivity index (χ1) is 8.43. The standard InChI is InChI=1S/C11H18N2O2S2/c12-4-6-14-7-8-15-9-10-16-17-11-3-1-2-5-13-11/h1-3,5H,4,6-10,12H2. The predicted molar refractivity (Wildman–Crippen MR) is 73.2 cm³/mol. The first kappa shape index (κ1) is 14.8. The zero-order valence-corrected chi connectivity index (χ0v) is 11.3. The van der Waals surface area contributed by atoms with Crippen LogP contribution in [0.15, 0.2) is 29.4 Å². The lowest BCUT2D eigenvalue weighted by Gasteiger charge is -2.04. The Morgan fingerprint density at radius 1 is 1.12 bits per heavy atom. The number of rotatable bonds is 10. The second kappa shape index (κ2) is 10.9. The Bertz CT molecular complexity index is 275. The topological polar surface area (TPSA) is 57.4 Å². The first-order valence-electron chi connectivity index (χ1n) is 5.49. The Labute approximate surface area is 110 Å². The molecule has 0 radical (unpaired) electrons. The molecular formula is C11H18N2O2S2. The van der Waals surface area contributed by atoms with Crippen molar-refractivity contribution in [3.63, 3.8) is 0 Å². The average Bonchev–Trinajstić information content (AvgIpc) is 2.38. The van der Waals surface area contributed by atoms with Gasteiger partial charge >= 0.3 is 0 Å². The molecule has 1 aromatic heterocycles. The fourth-order valence-corrected chi connectivity index (χ4v) is 2.74. The lowest BCUT2D eigenvalue weighted by Crippen LogP contribution is -2.12. The van der Waals surface area contributed by atoms with Crippen molar-refractivity contribution in [2.75, 3.05) is 38.7 Å². The maximum absolute atomic E-state index is 5.40. The number of pyridine rings is 1. The van der Waals surface area contributed by atoms with E-state index in [1.54, 1.807) is 27.8 Å². The molecule has 0 aliphatic rings. The Balaban J connectivity index is 1.85. The van der Waals surface area contributed by atoms with E-state index < -0.39 is 0 Å². The van der Waals surface area contributed by atoms with E-state index in [0.29, 0.717) is 26.4 Å². The monoisotopic (exact) mass is 274 g/mol. The van der Waals surface area contributed by atoms with Gasteiger partial charge in [-0.1, -0.05) is 16.9 Å². The number of nitrogens with zero attached hydrogens (tertiary/aromatic N) is 1. The molecule has 0 unspecified atom stereocenters. The molecule has 4 nitrogen and oxygen atoms in total. The number of nitrogens with two attached hydrogens (primary N) is 1. The van der Waals surface area contributed by atoms with E-state index in [9.17, 15) is 0 Å². The van der Waals surface area contributed by atoms with Gasteiger partial charge in [0, 0.05) is 18.5 Å². The van der Waals surface area contributed by atoms with Crippen LogP contribution in [-0.2, 0) is 9.47 Å². The van der Waals surface area contributed by atoms with Crippen molar-refractivity contribution in [2.45, 2.75) is 5.03 Å². The maximum atomic E-state index is 5.40. The second-order valence-electron chi connectivity index (χ2n) is 3.09. The highest BCUT2D eigenvalue weighted by Crippen LogP contribution is 2.28. The Hall–Kier alpha value is -0.270. The summed E-state index contributed by atoms with van der Waals surface area (Å²) < 4.78 is 10.6. The van der Waals surface area contributed by atoms with Crippen molar-refractivity contribution in [3.8, 4) is 0 Å². The normalized spacial score (nSPS) is 10.6. The van der Waals surface area contributed by atoms with Crippen LogP contribution >= 0.6 is 21.6 Å². The third kappa shape index (κ3) is 8.45. The van der Waals surface area contributed by atoms with E-state index in [-0.39, 0.29) is 0 Å². The zero-order chi connectivity index (χ0) is 12.2. The molecule has 2 N–H and O–H groups in total. The summed E-state index contributed by atoms with van der Waals surface area (Å²) in [5.41, 5.74) is 5.29. The molecule has 17 heavy (non-hydrogen) atoms. The minimum Gasteiger partial charge on any atom is -0.378 e. The van der Waals surface area contributed by atoms with Crippen LogP contribution in [0.5, 0.6) is 0 Å². The van der Waals surface area contributed by atoms with Gasteiger partial charge in [0.15, 0.2) is 0 Å². The number of ether oxygens (including phenoxy) is 2. The van der Waals surface area contributed by atoms with Gasteiger partial charge < -0.3 is 15.2 Å². The number of hydrogen-bond donors (Lipinski definition) is 1. The van der Waals surface area contributed by atoms with Gasteiger partial charge in [0.05, 0.1) is 26.4 Å². The highest BCUT2D eigenvalue weighted by molar-refractivity contribution is 8.76. The van der Waals surface area contributed by atoms with Crippen molar-refractivity contribution in [2.24, 2.45) is 5.73 Å². The summed E-state index contributed by atoms with van der Waals surface area (Å²) in [7, 11) is 3.41. The average molecular weight is 274 g/mol. The molecule has 0 amide bonds. The van der Waals surface area contributed by atoms with Crippen LogP contribution in [0.2, 0.25) is 0 Å². The van der Waals surface area contributed by atoms with Crippen LogP contribution in [0.3, 0.4) is 0 Å². The van der Waals surface area contributed by atoms with Crippen molar-refractivity contribution in [3.05, 3.63) is 24.4 Å². The van der Waals surface area contributed by atoms with Gasteiger partial charge in [-0.3, -0.25) is 0 Å². The summed E-state index contributed by atoms with van der Waals surface area (Å²) in [6, 6.07) is 5.90. The zero-order valence-electron chi connectivity index (χ0n) is 9.71. The number of hydrogen-bond acceptors (Lipinski definition) is 6. The van der Waals surface area contributed by atoms with Crippen LogP contribution in [0.4, 0.5) is 0 Å². The summed E-state index contributed by atoms with van der Waals surface area (Å²) >= 11 is 0. The SMILES string of the molecule is NCCOCCOCCSSc1ccccn1. The van der Waals surface area contributed by atoms with Crippen LogP contribution in [0.1, 0.15) is 0 Å². The fraction of sp³-hybridized carbons (Fsp3) is 0.545. The van der Waals surface area contributed by atoms with Gasteiger partial charge in [-0.15, -0.1) is 0 Å². The van der Waals surface area contributed by atoms with Crippen molar-refractivity contribution < 1.29 is 9.47 Å². The molecule has 0 bridgehead atoms. The molecule has 1 rings (SSSR count). The van der Waals surface area contributed by atoms with Crippen molar-refractivity contribution in [1.82, 2.24) is 4.98 Å². The van der Waals surface area contributed by atoms with E-state index in [2.05, 4.69) is 4.98 Å². The molecule has 1 aromatic rings. The van der Waals surface area contributed by atoms with Crippen LogP contribution in [0.25, 0.3) is 0 Å². The van der Waals surface area contributed by atoms with Gasteiger partial charge in [-0.2, -0.15) is 0 Å². The van der Waals surface area contributed by atoms with Gasteiger partial charge in [0.25, 0.3) is 0 Å². The van der Waals surface area contributed by atoms with Crippen LogP contribution in [-0.4, -0.2) is 43.7 Å². The summed E-state index contributed by atoms with van der Waals surface area (Å²) in [6.45, 7) is 3.16. The van der Waals surface area contributed by atoms with E-state index in [4.69, 9.17) is 15.2 Å². The molecule has 0 saturated carbocycles. The summed E-state index contributed by atoms with van der Waals surface area (Å²) in [5.74, 6) is 0.943. The van der Waals surface area contributed by atoms with Gasteiger partial charge in [0.2, 0.25) is 0 Å². The first-order valence-corrected chi connectivity index (χ1v) is 7.81. The molecule has 0 aliphatic carbocycles. The highest BCUT2D eigenvalue weighted by atomic mass is 33.1. The molecule has 6 heteroatoms. The van der Waals surface area contributed by atoms with Crippen molar-refractivity contribution in [1.29, 1.82) is 0 Å². The molecule has 1 heterocycles. The van der Waals surface area contributed by atoms with E-state index in [1.807, 2.05) is 18.2 Å². The van der Waals surface area contributed by atoms with Gasteiger partial charge in [-0.25, -0.2) is 4.98 Å². The molecule has 0 aromatic carbocycles. The third-order valence-corrected chi connectivity index (χ3v) is 3.96. The Kier molecular flexibility index (Phi) is 9.45. The Morgan fingerprint density at radius 2 is 1.94 bits per heavy atom. The quantitative estimate of drug-likeness (QED) is 0.519. The minimum atomic E-state index is 0.566. The molecule has 0 aliphatic heterocycles. The molecule has 0 spiro atoms. The lowest BCUT2D eigenvalue weighted by molar-refractivity contribution is 0.0571. The maximum Gasteiger partial charge on any atom is 0.106 e. The minimum absolute atomic E-state index is 0.566. The second-order valence-corrected chi connectivity index (χ2v) is 5.52. The molecular weight excluding hydrogens is 256 g/mol.